The normalized spacial score (nSPS) is 9.95. The Morgan fingerprint density at radius 1 is 1.14 bits per heavy atom. The molecule has 0 heterocycles. The molecule has 5 nitrogen and oxygen atoms in total. The number of urea groups is 1. The summed E-state index contributed by atoms with van der Waals surface area (Å²) in [5.74, 6) is 0.854. The third-order valence-corrected chi connectivity index (χ3v) is 2.99. The Morgan fingerprint density at radius 2 is 1.86 bits per heavy atom. The molecule has 2 amide bonds. The molecule has 0 atom stereocenters. The van der Waals surface area contributed by atoms with Crippen molar-refractivity contribution in [3.63, 3.8) is 0 Å². The Labute approximate surface area is 123 Å². The van der Waals surface area contributed by atoms with Crippen LogP contribution in [0.15, 0.2) is 48.5 Å². The Hall–Kier alpha value is -2.69. The molecule has 3 N–H and O–H groups in total. The molecule has 0 aliphatic carbocycles. The minimum absolute atomic E-state index is 0.237. The summed E-state index contributed by atoms with van der Waals surface area (Å²) >= 11 is 0. The number of para-hydroxylation sites is 2. The van der Waals surface area contributed by atoms with E-state index in [0.29, 0.717) is 24.4 Å². The number of methoxy groups -OCH3 is 1. The van der Waals surface area contributed by atoms with Crippen LogP contribution >= 0.6 is 0 Å². The standard InChI is InChI=1S/C16H18N2O3/c1-21-15-5-3-2-4-14(15)18-16(20)17-11-10-12-6-8-13(19)9-7-12/h2-9,19H,10-11H2,1H3,(H2,17,18,20). The lowest BCUT2D eigenvalue weighted by molar-refractivity contribution is 0.252. The van der Waals surface area contributed by atoms with E-state index < -0.39 is 0 Å². The maximum atomic E-state index is 11.8. The lowest BCUT2D eigenvalue weighted by atomic mass is 10.1. The Kier molecular flexibility index (Phi) is 5.04. The summed E-state index contributed by atoms with van der Waals surface area (Å²) in [5, 5.41) is 14.7. The molecule has 0 aromatic heterocycles. The Balaban J connectivity index is 1.81. The summed E-state index contributed by atoms with van der Waals surface area (Å²) < 4.78 is 5.17. The van der Waals surface area contributed by atoms with Gasteiger partial charge in [-0.05, 0) is 36.2 Å². The summed E-state index contributed by atoms with van der Waals surface area (Å²) in [6, 6.07) is 13.9. The maximum absolute atomic E-state index is 11.8. The van der Waals surface area contributed by atoms with Crippen LogP contribution in [-0.2, 0) is 6.42 Å². The molecule has 0 aliphatic rings. The van der Waals surface area contributed by atoms with Gasteiger partial charge in [0, 0.05) is 6.54 Å². The summed E-state index contributed by atoms with van der Waals surface area (Å²) in [7, 11) is 1.56. The fraction of sp³-hybridized carbons (Fsp3) is 0.188. The van der Waals surface area contributed by atoms with Gasteiger partial charge in [0.05, 0.1) is 12.8 Å². The van der Waals surface area contributed by atoms with Crippen LogP contribution in [0.1, 0.15) is 5.56 Å². The first-order chi connectivity index (χ1) is 10.2. The highest BCUT2D eigenvalue weighted by molar-refractivity contribution is 5.90. The molecule has 2 aromatic rings. The first-order valence-electron chi connectivity index (χ1n) is 6.65. The Bertz CT molecular complexity index is 597. The molecule has 21 heavy (non-hydrogen) atoms. The van der Waals surface area contributed by atoms with Crippen LogP contribution in [0.3, 0.4) is 0 Å². The number of phenolic OH excluding ortho intramolecular Hbond substituents is 1. The second-order valence-corrected chi connectivity index (χ2v) is 4.50. The van der Waals surface area contributed by atoms with E-state index in [1.54, 1.807) is 31.4 Å². The predicted molar refractivity (Wildman–Crippen MR) is 81.8 cm³/mol. The fourth-order valence-corrected chi connectivity index (χ4v) is 1.90. The third kappa shape index (κ3) is 4.42. The van der Waals surface area contributed by atoms with Gasteiger partial charge in [-0.1, -0.05) is 24.3 Å². The molecule has 0 unspecified atom stereocenters. The van der Waals surface area contributed by atoms with Gasteiger partial charge in [-0.3, -0.25) is 0 Å². The lowest BCUT2D eigenvalue weighted by Gasteiger charge is -2.10. The van der Waals surface area contributed by atoms with Crippen LogP contribution in [0.4, 0.5) is 10.5 Å². The van der Waals surface area contributed by atoms with Crippen LogP contribution in [0, 0.1) is 0 Å². The van der Waals surface area contributed by atoms with Gasteiger partial charge in [-0.25, -0.2) is 4.79 Å². The number of benzene rings is 2. The van der Waals surface area contributed by atoms with Gasteiger partial charge in [0.15, 0.2) is 0 Å². The van der Waals surface area contributed by atoms with Crippen molar-refractivity contribution < 1.29 is 14.6 Å². The van der Waals surface area contributed by atoms with Crippen molar-refractivity contribution in [1.82, 2.24) is 5.32 Å². The number of carbonyl (C=O) groups is 1. The second-order valence-electron chi connectivity index (χ2n) is 4.50. The molecule has 2 aromatic carbocycles. The number of rotatable bonds is 5. The molecule has 0 saturated carbocycles. The molecular formula is C16H18N2O3. The predicted octanol–water partition coefficient (Wildman–Crippen LogP) is 2.77. The zero-order valence-electron chi connectivity index (χ0n) is 11.8. The first kappa shape index (κ1) is 14.7. The molecule has 0 spiro atoms. The number of nitrogens with one attached hydrogen (secondary N) is 2. The summed E-state index contributed by atoms with van der Waals surface area (Å²) in [6.07, 6.45) is 0.694. The summed E-state index contributed by atoms with van der Waals surface area (Å²) in [5.41, 5.74) is 1.67. The summed E-state index contributed by atoms with van der Waals surface area (Å²) in [4.78, 5) is 11.8. The van der Waals surface area contributed by atoms with Crippen LogP contribution in [-0.4, -0.2) is 24.8 Å². The average Bonchev–Trinajstić information content (AvgIpc) is 2.50. The highest BCUT2D eigenvalue weighted by Gasteiger charge is 2.05. The lowest BCUT2D eigenvalue weighted by Crippen LogP contribution is -2.30. The van der Waals surface area contributed by atoms with E-state index in [0.717, 1.165) is 5.56 Å². The highest BCUT2D eigenvalue weighted by atomic mass is 16.5. The van der Waals surface area contributed by atoms with Crippen LogP contribution in [0.2, 0.25) is 0 Å². The molecule has 0 fully saturated rings. The molecule has 0 bridgehead atoms. The van der Waals surface area contributed by atoms with Crippen molar-refractivity contribution in [3.05, 3.63) is 54.1 Å². The van der Waals surface area contributed by atoms with E-state index in [4.69, 9.17) is 4.74 Å². The quantitative estimate of drug-likeness (QED) is 0.791. The van der Waals surface area contributed by atoms with E-state index in [1.165, 1.54) is 0 Å². The molecule has 2 rings (SSSR count). The van der Waals surface area contributed by atoms with Crippen molar-refractivity contribution in [2.75, 3.05) is 19.0 Å². The van der Waals surface area contributed by atoms with Gasteiger partial charge < -0.3 is 20.5 Å². The summed E-state index contributed by atoms with van der Waals surface area (Å²) in [6.45, 7) is 0.506. The maximum Gasteiger partial charge on any atom is 0.319 e. The monoisotopic (exact) mass is 286 g/mol. The van der Waals surface area contributed by atoms with Gasteiger partial charge in [-0.15, -0.1) is 0 Å². The van der Waals surface area contributed by atoms with Gasteiger partial charge in [0.25, 0.3) is 0 Å². The fourth-order valence-electron chi connectivity index (χ4n) is 1.90. The average molecular weight is 286 g/mol. The molecule has 0 radical (unpaired) electrons. The number of aromatic hydroxyl groups is 1. The zero-order chi connectivity index (χ0) is 15.1. The highest BCUT2D eigenvalue weighted by Crippen LogP contribution is 2.22. The first-order valence-corrected chi connectivity index (χ1v) is 6.65. The zero-order valence-corrected chi connectivity index (χ0v) is 11.8. The number of amides is 2. The van der Waals surface area contributed by atoms with Crippen molar-refractivity contribution in [2.24, 2.45) is 0 Å². The molecule has 0 aliphatic heterocycles. The largest absolute Gasteiger partial charge is 0.508 e. The van der Waals surface area contributed by atoms with Crippen LogP contribution < -0.4 is 15.4 Å². The van der Waals surface area contributed by atoms with Crippen molar-refractivity contribution in [1.29, 1.82) is 0 Å². The van der Waals surface area contributed by atoms with E-state index in [1.807, 2.05) is 24.3 Å². The molecule has 5 heteroatoms. The van der Waals surface area contributed by atoms with Gasteiger partial charge in [-0.2, -0.15) is 0 Å². The van der Waals surface area contributed by atoms with Gasteiger partial charge in [0.1, 0.15) is 11.5 Å². The van der Waals surface area contributed by atoms with E-state index in [9.17, 15) is 9.90 Å². The van der Waals surface area contributed by atoms with Crippen molar-refractivity contribution >= 4 is 11.7 Å². The van der Waals surface area contributed by atoms with Crippen molar-refractivity contribution in [3.8, 4) is 11.5 Å². The SMILES string of the molecule is COc1ccccc1NC(=O)NCCc1ccc(O)cc1. The second kappa shape index (κ2) is 7.19. The van der Waals surface area contributed by atoms with Crippen LogP contribution in [0.5, 0.6) is 11.5 Å². The Morgan fingerprint density at radius 3 is 2.57 bits per heavy atom. The van der Waals surface area contributed by atoms with Crippen molar-refractivity contribution in [2.45, 2.75) is 6.42 Å². The third-order valence-electron chi connectivity index (χ3n) is 2.99. The smallest absolute Gasteiger partial charge is 0.319 e. The van der Waals surface area contributed by atoms with Gasteiger partial charge >= 0.3 is 6.03 Å². The minimum Gasteiger partial charge on any atom is -0.508 e. The van der Waals surface area contributed by atoms with E-state index in [2.05, 4.69) is 10.6 Å². The van der Waals surface area contributed by atoms with E-state index >= 15 is 0 Å². The molecule has 0 saturated heterocycles. The number of hydrogen-bond donors (Lipinski definition) is 3. The molecule has 110 valence electrons. The number of carbonyl (C=O) groups excluding carboxylic acids is 1. The molecular weight excluding hydrogens is 268 g/mol. The topological polar surface area (TPSA) is 70.6 Å². The van der Waals surface area contributed by atoms with E-state index in [-0.39, 0.29) is 11.8 Å². The number of hydrogen-bond acceptors (Lipinski definition) is 3. The van der Waals surface area contributed by atoms with Gasteiger partial charge in [0.2, 0.25) is 0 Å². The number of phenols is 1. The number of ether oxygens (including phenoxy) is 1. The minimum atomic E-state index is -0.279. The number of anilines is 1. The van der Waals surface area contributed by atoms with Crippen LogP contribution in [0.25, 0.3) is 0 Å².